The van der Waals surface area contributed by atoms with E-state index in [-0.39, 0.29) is 22.3 Å². The Kier molecular flexibility index (Phi) is 7.04. The molecule has 0 aliphatic carbocycles. The second-order valence-corrected chi connectivity index (χ2v) is 9.79. The lowest BCUT2D eigenvalue weighted by molar-refractivity contribution is -0.119. The van der Waals surface area contributed by atoms with E-state index >= 15 is 0 Å². The van der Waals surface area contributed by atoms with Crippen molar-refractivity contribution in [1.82, 2.24) is 0 Å². The van der Waals surface area contributed by atoms with Gasteiger partial charge in [-0.15, -0.1) is 0 Å². The Balaban J connectivity index is 1.74. The van der Waals surface area contributed by atoms with E-state index in [1.165, 1.54) is 51.5 Å². The lowest BCUT2D eigenvalue weighted by Gasteiger charge is -2.42. The van der Waals surface area contributed by atoms with E-state index < -0.39 is 16.2 Å². The highest BCUT2D eigenvalue weighted by molar-refractivity contribution is 7.87. The molecule has 9 nitrogen and oxygen atoms in total. The second-order valence-electron chi connectivity index (χ2n) is 8.25. The van der Waals surface area contributed by atoms with Crippen LogP contribution < -0.4 is 28.0 Å². The van der Waals surface area contributed by atoms with Gasteiger partial charge < -0.3 is 23.1 Å². The third kappa shape index (κ3) is 4.67. The molecule has 3 aromatic rings. The molecule has 1 saturated heterocycles. The highest BCUT2D eigenvalue weighted by Gasteiger charge is 2.43. The number of amides is 1. The van der Waals surface area contributed by atoms with Gasteiger partial charge in [0.15, 0.2) is 23.0 Å². The normalized spacial score (nSPS) is 15.2. The van der Waals surface area contributed by atoms with Crippen molar-refractivity contribution >= 4 is 21.7 Å². The van der Waals surface area contributed by atoms with Crippen LogP contribution in [0.15, 0.2) is 71.6 Å². The number of aryl methyl sites for hydroxylation is 1. The fourth-order valence-corrected chi connectivity index (χ4v) is 5.03. The first kappa shape index (κ1) is 25.9. The lowest BCUT2D eigenvalue weighted by atomic mass is 9.88. The molecular formula is C27H27NO8S. The van der Waals surface area contributed by atoms with Gasteiger partial charge in [0.2, 0.25) is 5.75 Å². The van der Waals surface area contributed by atoms with E-state index in [2.05, 4.69) is 6.58 Å². The summed E-state index contributed by atoms with van der Waals surface area (Å²) in [5.74, 6) is 1.05. The predicted molar refractivity (Wildman–Crippen MR) is 137 cm³/mol. The Morgan fingerprint density at radius 2 is 1.38 bits per heavy atom. The molecule has 1 aliphatic rings. The molecule has 0 N–H and O–H groups in total. The number of anilines is 1. The molecule has 1 amide bonds. The monoisotopic (exact) mass is 525 g/mol. The summed E-state index contributed by atoms with van der Waals surface area (Å²) in [4.78, 5) is 14.4. The van der Waals surface area contributed by atoms with Crippen molar-refractivity contribution in [3.63, 3.8) is 0 Å². The van der Waals surface area contributed by atoms with E-state index in [9.17, 15) is 13.2 Å². The zero-order chi connectivity index (χ0) is 26.9. The fraction of sp³-hybridized carbons (Fsp3) is 0.222. The Morgan fingerprint density at radius 1 is 0.784 bits per heavy atom. The maximum atomic E-state index is 12.9. The molecule has 1 atom stereocenters. The first-order valence-corrected chi connectivity index (χ1v) is 12.6. The largest absolute Gasteiger partial charge is 0.493 e. The van der Waals surface area contributed by atoms with Crippen molar-refractivity contribution in [2.45, 2.75) is 17.9 Å². The van der Waals surface area contributed by atoms with Gasteiger partial charge in [-0.2, -0.15) is 8.42 Å². The summed E-state index contributed by atoms with van der Waals surface area (Å²) in [5, 5.41) is 0. The maximum Gasteiger partial charge on any atom is 0.339 e. The Labute approximate surface area is 215 Å². The third-order valence-electron chi connectivity index (χ3n) is 6.02. The first-order chi connectivity index (χ1) is 17.6. The molecule has 0 unspecified atom stereocenters. The van der Waals surface area contributed by atoms with Gasteiger partial charge >= 0.3 is 10.1 Å². The summed E-state index contributed by atoms with van der Waals surface area (Å²) >= 11 is 0. The average molecular weight is 526 g/mol. The molecule has 4 rings (SSSR count). The molecule has 194 valence electrons. The number of nitrogens with zero attached hydrogens (tertiary/aromatic N) is 1. The van der Waals surface area contributed by atoms with Crippen LogP contribution in [0, 0.1) is 6.92 Å². The lowest BCUT2D eigenvalue weighted by Crippen LogP contribution is -2.48. The van der Waals surface area contributed by atoms with Crippen LogP contribution in [0.25, 0.3) is 0 Å². The Bertz CT molecular complexity index is 1440. The Morgan fingerprint density at radius 3 is 1.92 bits per heavy atom. The summed E-state index contributed by atoms with van der Waals surface area (Å²) in [6.45, 7) is 5.79. The van der Waals surface area contributed by atoms with E-state index in [1.807, 2.05) is 6.92 Å². The first-order valence-electron chi connectivity index (χ1n) is 11.2. The molecule has 0 saturated carbocycles. The number of ether oxygens (including phenoxy) is 4. The van der Waals surface area contributed by atoms with Gasteiger partial charge in [0.25, 0.3) is 5.91 Å². The summed E-state index contributed by atoms with van der Waals surface area (Å²) in [5.41, 5.74) is 2.31. The summed E-state index contributed by atoms with van der Waals surface area (Å²) in [7, 11) is 1.73. The molecule has 10 heteroatoms. The van der Waals surface area contributed by atoms with E-state index in [0.29, 0.717) is 34.1 Å². The highest BCUT2D eigenvalue weighted by atomic mass is 32.2. The van der Waals surface area contributed by atoms with Crippen LogP contribution in [0.3, 0.4) is 0 Å². The van der Waals surface area contributed by atoms with Crippen LogP contribution in [0.5, 0.6) is 28.7 Å². The quantitative estimate of drug-likeness (QED) is 0.230. The molecular weight excluding hydrogens is 498 g/mol. The zero-order valence-corrected chi connectivity index (χ0v) is 21.9. The number of hydrogen-bond acceptors (Lipinski definition) is 8. The summed E-state index contributed by atoms with van der Waals surface area (Å²) in [6.07, 6.45) is 0. The minimum atomic E-state index is -4.14. The van der Waals surface area contributed by atoms with E-state index in [1.54, 1.807) is 36.4 Å². The summed E-state index contributed by atoms with van der Waals surface area (Å²) in [6, 6.07) is 13.9. The summed E-state index contributed by atoms with van der Waals surface area (Å²) < 4.78 is 52.9. The van der Waals surface area contributed by atoms with Crippen molar-refractivity contribution in [3.05, 3.63) is 77.9 Å². The number of β-lactam (4-membered cyclic amide) rings is 1. The van der Waals surface area contributed by atoms with Crippen molar-refractivity contribution in [2.24, 2.45) is 0 Å². The third-order valence-corrected chi connectivity index (χ3v) is 7.27. The fourth-order valence-electron chi connectivity index (χ4n) is 4.10. The molecule has 1 aliphatic heterocycles. The minimum Gasteiger partial charge on any atom is -0.493 e. The molecule has 0 spiro atoms. The molecule has 0 bridgehead atoms. The number of carbonyl (C=O) groups is 1. The standard InChI is InChI=1S/C27H27NO8S/c1-16-7-10-20(11-8-16)37(30,31)36-22-13-18(9-12-21(22)32-3)25-17(2)27(29)28(25)19-14-23(33-4)26(35-6)24(15-19)34-5/h7-15,25H,2H2,1,3-6H3/t25-/m1/s1. The van der Waals surface area contributed by atoms with Crippen molar-refractivity contribution in [2.75, 3.05) is 33.3 Å². The van der Waals surface area contributed by atoms with Gasteiger partial charge in [0, 0.05) is 17.7 Å². The van der Waals surface area contributed by atoms with Crippen molar-refractivity contribution < 1.29 is 36.3 Å². The van der Waals surface area contributed by atoms with Crippen molar-refractivity contribution in [1.29, 1.82) is 0 Å². The van der Waals surface area contributed by atoms with Crippen LogP contribution >= 0.6 is 0 Å². The predicted octanol–water partition coefficient (Wildman–Crippen LogP) is 4.44. The zero-order valence-electron chi connectivity index (χ0n) is 21.1. The minimum absolute atomic E-state index is 0.00726. The Hall–Kier alpha value is -4.18. The van der Waals surface area contributed by atoms with Crippen molar-refractivity contribution in [3.8, 4) is 28.7 Å². The molecule has 0 aromatic heterocycles. The van der Waals surface area contributed by atoms with Gasteiger partial charge in [-0.25, -0.2) is 0 Å². The van der Waals surface area contributed by atoms with Crippen LogP contribution in [-0.2, 0) is 14.9 Å². The number of carbonyl (C=O) groups excluding carboxylic acids is 1. The number of hydrogen-bond donors (Lipinski definition) is 0. The average Bonchev–Trinajstić information content (AvgIpc) is 2.90. The molecule has 1 fully saturated rings. The maximum absolute atomic E-state index is 12.9. The number of methoxy groups -OCH3 is 4. The number of benzene rings is 3. The second kappa shape index (κ2) is 10.1. The molecule has 0 radical (unpaired) electrons. The highest BCUT2D eigenvalue weighted by Crippen LogP contribution is 2.48. The van der Waals surface area contributed by atoms with Gasteiger partial charge in [-0.05, 0) is 36.8 Å². The molecule has 3 aromatic carbocycles. The SMILES string of the molecule is C=C1C(=O)N(c2cc(OC)c(OC)c(OC)c2)[C@H]1c1ccc(OC)c(OS(=O)(=O)c2ccc(C)cc2)c1. The van der Waals surface area contributed by atoms with E-state index in [0.717, 1.165) is 5.56 Å². The van der Waals surface area contributed by atoms with E-state index in [4.69, 9.17) is 23.1 Å². The molecule has 37 heavy (non-hydrogen) atoms. The van der Waals surface area contributed by atoms with Crippen LogP contribution in [-0.4, -0.2) is 42.8 Å². The van der Waals surface area contributed by atoms with Crippen LogP contribution in [0.2, 0.25) is 0 Å². The molecule has 1 heterocycles. The number of rotatable bonds is 9. The van der Waals surface area contributed by atoms with Gasteiger partial charge in [-0.1, -0.05) is 30.3 Å². The van der Waals surface area contributed by atoms with Crippen LogP contribution in [0.1, 0.15) is 17.2 Å². The van der Waals surface area contributed by atoms with Gasteiger partial charge in [-0.3, -0.25) is 9.69 Å². The van der Waals surface area contributed by atoms with Gasteiger partial charge in [0.1, 0.15) is 4.90 Å². The van der Waals surface area contributed by atoms with Crippen LogP contribution in [0.4, 0.5) is 5.69 Å². The smallest absolute Gasteiger partial charge is 0.339 e. The van der Waals surface area contributed by atoms with Gasteiger partial charge in [0.05, 0.1) is 40.2 Å². The topological polar surface area (TPSA) is 101 Å².